The molecular weight excluding hydrogens is 465 g/mol. The van der Waals surface area contributed by atoms with Crippen LogP contribution in [-0.2, 0) is 26.6 Å². The van der Waals surface area contributed by atoms with Crippen LogP contribution in [-0.4, -0.2) is 48.9 Å². The minimum Gasteiger partial charge on any atom is -0.451 e. The molecule has 1 N–H and O–H groups in total. The molecule has 11 heteroatoms. The molecule has 2 aromatic rings. The van der Waals surface area contributed by atoms with Crippen LogP contribution in [0.25, 0.3) is 0 Å². The summed E-state index contributed by atoms with van der Waals surface area (Å²) in [6.45, 7) is 5.28. The summed E-state index contributed by atoms with van der Waals surface area (Å²) in [5.41, 5.74) is 0.687. The SMILES string of the molecule is CCN(CC)S(=O)(=O)c1cc(C(=O)OCC(=O)NC(C)c2ccc(Cl)cc2Cl)n(C)c1. The van der Waals surface area contributed by atoms with E-state index in [1.54, 1.807) is 39.0 Å². The first-order valence-electron chi connectivity index (χ1n) is 9.59. The third-order valence-corrected chi connectivity index (χ3v) is 7.25. The molecule has 1 atom stereocenters. The number of hydrogen-bond acceptors (Lipinski definition) is 5. The molecule has 170 valence electrons. The van der Waals surface area contributed by atoms with Gasteiger partial charge in [-0.05, 0) is 30.7 Å². The second-order valence-electron chi connectivity index (χ2n) is 6.79. The Balaban J connectivity index is 2.02. The highest BCUT2D eigenvalue weighted by Gasteiger charge is 2.26. The van der Waals surface area contributed by atoms with Gasteiger partial charge in [-0.1, -0.05) is 43.1 Å². The minimum absolute atomic E-state index is 0.0129. The lowest BCUT2D eigenvalue weighted by Gasteiger charge is -2.17. The first-order chi connectivity index (χ1) is 14.5. The number of nitrogens with one attached hydrogen (secondary N) is 1. The van der Waals surface area contributed by atoms with Gasteiger partial charge in [-0.25, -0.2) is 13.2 Å². The van der Waals surface area contributed by atoms with Crippen molar-refractivity contribution in [3.05, 3.63) is 51.8 Å². The Morgan fingerprint density at radius 3 is 2.42 bits per heavy atom. The number of aryl methyl sites for hydroxylation is 1. The first kappa shape index (κ1) is 25.2. The van der Waals surface area contributed by atoms with E-state index in [1.165, 1.54) is 28.2 Å². The molecule has 0 fully saturated rings. The van der Waals surface area contributed by atoms with Gasteiger partial charge in [0.15, 0.2) is 6.61 Å². The van der Waals surface area contributed by atoms with Crippen LogP contribution in [0.3, 0.4) is 0 Å². The van der Waals surface area contributed by atoms with Crippen LogP contribution in [0.2, 0.25) is 10.0 Å². The fraction of sp³-hybridized carbons (Fsp3) is 0.400. The molecule has 1 aromatic carbocycles. The summed E-state index contributed by atoms with van der Waals surface area (Å²) in [6, 6.07) is 5.73. The van der Waals surface area contributed by atoms with E-state index in [0.717, 1.165) is 0 Å². The number of carbonyl (C=O) groups excluding carboxylic acids is 2. The fourth-order valence-corrected chi connectivity index (χ4v) is 5.11. The van der Waals surface area contributed by atoms with Crippen LogP contribution in [0.15, 0.2) is 35.4 Å². The summed E-state index contributed by atoms with van der Waals surface area (Å²) in [5, 5.41) is 3.57. The number of sulfonamides is 1. The van der Waals surface area contributed by atoms with Gasteiger partial charge >= 0.3 is 5.97 Å². The molecule has 0 bridgehead atoms. The van der Waals surface area contributed by atoms with Gasteiger partial charge in [-0.3, -0.25) is 4.79 Å². The second kappa shape index (κ2) is 10.5. The highest BCUT2D eigenvalue weighted by molar-refractivity contribution is 7.89. The lowest BCUT2D eigenvalue weighted by Crippen LogP contribution is -2.31. The Labute approximate surface area is 192 Å². The van der Waals surface area contributed by atoms with Crippen molar-refractivity contribution in [1.82, 2.24) is 14.2 Å². The first-order valence-corrected chi connectivity index (χ1v) is 11.8. The molecule has 31 heavy (non-hydrogen) atoms. The lowest BCUT2D eigenvalue weighted by atomic mass is 10.1. The quantitative estimate of drug-likeness (QED) is 0.544. The van der Waals surface area contributed by atoms with E-state index < -0.39 is 34.5 Å². The molecule has 0 aliphatic heterocycles. The summed E-state index contributed by atoms with van der Waals surface area (Å²) in [6.07, 6.45) is 1.34. The summed E-state index contributed by atoms with van der Waals surface area (Å²) in [5.74, 6) is -1.34. The molecule has 8 nitrogen and oxygen atoms in total. The van der Waals surface area contributed by atoms with Crippen molar-refractivity contribution in [3.63, 3.8) is 0 Å². The van der Waals surface area contributed by atoms with E-state index in [1.807, 2.05) is 0 Å². The van der Waals surface area contributed by atoms with Crippen molar-refractivity contribution in [1.29, 1.82) is 0 Å². The van der Waals surface area contributed by atoms with E-state index >= 15 is 0 Å². The maximum Gasteiger partial charge on any atom is 0.355 e. The molecule has 1 aromatic heterocycles. The molecular formula is C20H25Cl2N3O5S. The number of hydrogen-bond donors (Lipinski definition) is 1. The van der Waals surface area contributed by atoms with Crippen LogP contribution in [0.5, 0.6) is 0 Å². The van der Waals surface area contributed by atoms with Crippen LogP contribution in [0.1, 0.15) is 42.9 Å². The van der Waals surface area contributed by atoms with Crippen molar-refractivity contribution >= 4 is 45.1 Å². The van der Waals surface area contributed by atoms with Gasteiger partial charge in [0.05, 0.1) is 6.04 Å². The van der Waals surface area contributed by atoms with Crippen molar-refractivity contribution in [2.24, 2.45) is 7.05 Å². The van der Waals surface area contributed by atoms with Gasteiger partial charge in [0, 0.05) is 36.4 Å². The second-order valence-corrected chi connectivity index (χ2v) is 9.57. The van der Waals surface area contributed by atoms with Crippen molar-refractivity contribution in [2.45, 2.75) is 31.7 Å². The molecule has 1 amide bonds. The van der Waals surface area contributed by atoms with Crippen LogP contribution < -0.4 is 5.32 Å². The standard InChI is InChI=1S/C20H25Cl2N3O5S/c1-5-25(6-2)31(28,29)15-10-18(24(4)11-15)20(27)30-12-19(26)23-13(3)16-8-7-14(21)9-17(16)22/h7-11,13H,5-6,12H2,1-4H3,(H,23,26). The topological polar surface area (TPSA) is 97.7 Å². The summed E-state index contributed by atoms with van der Waals surface area (Å²) in [4.78, 5) is 24.6. The van der Waals surface area contributed by atoms with Crippen LogP contribution >= 0.6 is 23.2 Å². The molecule has 0 aliphatic rings. The van der Waals surface area contributed by atoms with E-state index in [4.69, 9.17) is 27.9 Å². The Morgan fingerprint density at radius 1 is 1.19 bits per heavy atom. The molecule has 0 spiro atoms. The maximum absolute atomic E-state index is 12.6. The van der Waals surface area contributed by atoms with Gasteiger partial charge in [0.25, 0.3) is 5.91 Å². The molecule has 2 rings (SSSR count). The zero-order valence-electron chi connectivity index (χ0n) is 17.7. The largest absolute Gasteiger partial charge is 0.451 e. The Morgan fingerprint density at radius 2 is 1.84 bits per heavy atom. The number of rotatable bonds is 9. The van der Waals surface area contributed by atoms with E-state index in [2.05, 4.69) is 5.32 Å². The van der Waals surface area contributed by atoms with Gasteiger partial charge in [-0.2, -0.15) is 4.31 Å². The minimum atomic E-state index is -3.72. The highest BCUT2D eigenvalue weighted by Crippen LogP contribution is 2.26. The monoisotopic (exact) mass is 489 g/mol. The average molecular weight is 490 g/mol. The van der Waals surface area contributed by atoms with Gasteiger partial charge in [0.1, 0.15) is 10.6 Å². The van der Waals surface area contributed by atoms with E-state index in [-0.39, 0.29) is 10.6 Å². The summed E-state index contributed by atoms with van der Waals surface area (Å²) >= 11 is 12.0. The van der Waals surface area contributed by atoms with Gasteiger partial charge in [-0.15, -0.1) is 0 Å². The molecule has 0 aliphatic carbocycles. The van der Waals surface area contributed by atoms with Gasteiger partial charge in [0.2, 0.25) is 10.0 Å². The van der Waals surface area contributed by atoms with Crippen molar-refractivity contribution in [2.75, 3.05) is 19.7 Å². The molecule has 1 unspecified atom stereocenters. The average Bonchev–Trinajstić information content (AvgIpc) is 3.09. The Hall–Kier alpha value is -2.07. The lowest BCUT2D eigenvalue weighted by molar-refractivity contribution is -0.124. The number of esters is 1. The molecule has 1 heterocycles. The molecule has 0 saturated carbocycles. The number of aromatic nitrogens is 1. The number of carbonyl (C=O) groups is 2. The van der Waals surface area contributed by atoms with Gasteiger partial charge < -0.3 is 14.6 Å². The third kappa shape index (κ3) is 6.00. The highest BCUT2D eigenvalue weighted by atomic mass is 35.5. The molecule has 0 radical (unpaired) electrons. The predicted octanol–water partition coefficient (Wildman–Crippen LogP) is 3.40. The Bertz CT molecular complexity index is 1060. The number of amides is 1. The van der Waals surface area contributed by atoms with Crippen molar-refractivity contribution in [3.8, 4) is 0 Å². The Kier molecular flexibility index (Phi) is 8.53. The summed E-state index contributed by atoms with van der Waals surface area (Å²) < 4.78 is 33.0. The van der Waals surface area contributed by atoms with Crippen LogP contribution in [0.4, 0.5) is 0 Å². The number of benzene rings is 1. The van der Waals surface area contributed by atoms with E-state index in [9.17, 15) is 18.0 Å². The van der Waals surface area contributed by atoms with Crippen molar-refractivity contribution < 1.29 is 22.7 Å². The van der Waals surface area contributed by atoms with E-state index in [0.29, 0.717) is 28.7 Å². The zero-order valence-corrected chi connectivity index (χ0v) is 20.0. The smallest absolute Gasteiger partial charge is 0.355 e. The molecule has 0 saturated heterocycles. The number of nitrogens with zero attached hydrogens (tertiary/aromatic N) is 2. The fourth-order valence-electron chi connectivity index (χ4n) is 3.01. The van der Waals surface area contributed by atoms with Crippen LogP contribution in [0, 0.1) is 0 Å². The number of ether oxygens (including phenoxy) is 1. The zero-order chi connectivity index (χ0) is 23.3. The number of halogens is 2. The predicted molar refractivity (Wildman–Crippen MR) is 119 cm³/mol. The normalized spacial score (nSPS) is 12.6. The maximum atomic E-state index is 12.6. The summed E-state index contributed by atoms with van der Waals surface area (Å²) in [7, 11) is -2.19. The third-order valence-electron chi connectivity index (χ3n) is 4.67.